The van der Waals surface area contributed by atoms with Crippen molar-refractivity contribution in [3.8, 4) is 0 Å². The molecule has 0 bridgehead atoms. The summed E-state index contributed by atoms with van der Waals surface area (Å²) in [6, 6.07) is 23.1. The normalized spacial score (nSPS) is 24.0. The fourth-order valence-electron chi connectivity index (χ4n) is 7.53. The second kappa shape index (κ2) is 12.7. The summed E-state index contributed by atoms with van der Waals surface area (Å²) in [7, 11) is 1.47. The average Bonchev–Trinajstić information content (AvgIpc) is 3.30. The van der Waals surface area contributed by atoms with Gasteiger partial charge in [0.25, 0.3) is 5.91 Å². The molecule has 10 nitrogen and oxygen atoms in total. The van der Waals surface area contributed by atoms with Crippen molar-refractivity contribution in [1.29, 1.82) is 0 Å². The Balaban J connectivity index is 1.55. The molecule has 1 saturated heterocycles. The molecule has 46 heavy (non-hydrogen) atoms. The van der Waals surface area contributed by atoms with Crippen molar-refractivity contribution >= 4 is 29.7 Å². The topological polar surface area (TPSA) is 129 Å². The number of likely N-dealkylation sites (tertiary alicyclic amines) is 1. The molecule has 2 aromatic carbocycles. The van der Waals surface area contributed by atoms with Gasteiger partial charge in [-0.15, -0.1) is 0 Å². The molecular weight excluding hydrogens is 582 g/mol. The molecule has 2 aliphatic heterocycles. The third-order valence-corrected chi connectivity index (χ3v) is 9.63. The molecule has 10 heteroatoms. The molecule has 6 amide bonds. The van der Waals surface area contributed by atoms with Gasteiger partial charge in [0.15, 0.2) is 0 Å². The van der Waals surface area contributed by atoms with E-state index in [9.17, 15) is 19.2 Å². The van der Waals surface area contributed by atoms with Crippen LogP contribution in [0.25, 0.3) is 0 Å². The molecule has 3 aromatic rings. The minimum atomic E-state index is -1.86. The number of amides is 6. The highest BCUT2D eigenvalue weighted by Crippen LogP contribution is 2.55. The summed E-state index contributed by atoms with van der Waals surface area (Å²) >= 11 is 0. The standard InChI is InChI=1S/C36H37N5O5/c1-3-26-27-17-18-28-29(33(44)40(2)31(28)42)30(27)36(20-23-12-6-4-7-13-23,34(45)38-21-24-14-8-5-9-15-24)41(32(26)43)35(46)39-22-25-16-10-11-19-37-25/h4-16,19,28-30H,3,17-18,20-22H2,1-2H3,(H,38,45)(H,39,46)/t28-,29-,30+,36+/m1/s1. The van der Waals surface area contributed by atoms with Crippen LogP contribution < -0.4 is 10.6 Å². The zero-order chi connectivity index (χ0) is 32.4. The molecule has 2 N–H and O–H groups in total. The third kappa shape index (κ3) is 5.27. The number of fused-ring (bicyclic) bond motifs is 3. The summed E-state index contributed by atoms with van der Waals surface area (Å²) in [6.07, 6.45) is 2.63. The average molecular weight is 620 g/mol. The van der Waals surface area contributed by atoms with Crippen molar-refractivity contribution in [3.05, 3.63) is 113 Å². The second-order valence-corrected chi connectivity index (χ2v) is 12.1. The number of benzene rings is 2. The summed E-state index contributed by atoms with van der Waals surface area (Å²) in [5, 5.41) is 5.87. The maximum atomic E-state index is 15.0. The highest BCUT2D eigenvalue weighted by Gasteiger charge is 2.67. The number of carbonyl (C=O) groups is 5. The van der Waals surface area contributed by atoms with Crippen LogP contribution in [0.3, 0.4) is 0 Å². The van der Waals surface area contributed by atoms with Crippen molar-refractivity contribution in [2.45, 2.75) is 51.2 Å². The highest BCUT2D eigenvalue weighted by molar-refractivity contribution is 6.12. The number of nitrogens with one attached hydrogen (secondary N) is 2. The van der Waals surface area contributed by atoms with Crippen LogP contribution in [0.5, 0.6) is 0 Å². The Bertz CT molecular complexity index is 1690. The van der Waals surface area contributed by atoms with Gasteiger partial charge in [-0.1, -0.05) is 79.2 Å². The molecule has 3 aliphatic rings. The second-order valence-electron chi connectivity index (χ2n) is 12.1. The van der Waals surface area contributed by atoms with Gasteiger partial charge >= 0.3 is 6.03 Å². The van der Waals surface area contributed by atoms with Crippen molar-refractivity contribution in [3.63, 3.8) is 0 Å². The van der Waals surface area contributed by atoms with E-state index in [4.69, 9.17) is 0 Å². The summed E-state index contributed by atoms with van der Waals surface area (Å²) < 4.78 is 0. The van der Waals surface area contributed by atoms with E-state index in [-0.39, 0.29) is 25.4 Å². The lowest BCUT2D eigenvalue weighted by Crippen LogP contribution is -2.73. The van der Waals surface area contributed by atoms with Gasteiger partial charge in [0.05, 0.1) is 24.1 Å². The van der Waals surface area contributed by atoms with Gasteiger partial charge in [-0.3, -0.25) is 29.1 Å². The van der Waals surface area contributed by atoms with Crippen LogP contribution >= 0.6 is 0 Å². The first-order valence-corrected chi connectivity index (χ1v) is 15.7. The van der Waals surface area contributed by atoms with E-state index >= 15 is 4.79 Å². The lowest BCUT2D eigenvalue weighted by molar-refractivity contribution is -0.151. The molecule has 0 radical (unpaired) electrons. The summed E-state index contributed by atoms with van der Waals surface area (Å²) in [6.45, 7) is 1.99. The summed E-state index contributed by atoms with van der Waals surface area (Å²) in [5.74, 6) is -4.30. The lowest BCUT2D eigenvalue weighted by Gasteiger charge is -2.54. The molecular formula is C36H37N5O5. The first-order chi connectivity index (χ1) is 22.3. The number of urea groups is 1. The molecule has 0 unspecified atom stereocenters. The van der Waals surface area contributed by atoms with E-state index in [0.29, 0.717) is 41.7 Å². The first kappa shape index (κ1) is 30.9. The number of imide groups is 2. The van der Waals surface area contributed by atoms with Crippen LogP contribution in [0.2, 0.25) is 0 Å². The maximum absolute atomic E-state index is 15.0. The smallest absolute Gasteiger partial charge is 0.325 e. The van der Waals surface area contributed by atoms with Crippen molar-refractivity contribution in [2.75, 3.05) is 7.05 Å². The SMILES string of the molecule is CCC1=C2CC[C@H]3C(=O)N(C)C(=O)[C@H]3[C@H]2[C@@](Cc2ccccc2)(C(=O)NCc2ccccc2)N(C(=O)NCc2ccccn2)C1=O. The number of rotatable bonds is 8. The summed E-state index contributed by atoms with van der Waals surface area (Å²) in [4.78, 5) is 77.8. The van der Waals surface area contributed by atoms with Crippen LogP contribution in [0, 0.1) is 17.8 Å². The van der Waals surface area contributed by atoms with Gasteiger partial charge in [-0.25, -0.2) is 9.69 Å². The van der Waals surface area contributed by atoms with Gasteiger partial charge in [-0.2, -0.15) is 0 Å². The minimum absolute atomic E-state index is 0.0193. The predicted octanol–water partition coefficient (Wildman–Crippen LogP) is 3.78. The van der Waals surface area contributed by atoms with Crippen LogP contribution in [0.4, 0.5) is 4.79 Å². The number of hydrogen-bond acceptors (Lipinski definition) is 6. The first-order valence-electron chi connectivity index (χ1n) is 15.7. The molecule has 0 spiro atoms. The Hall–Kier alpha value is -5.12. The molecule has 6 rings (SSSR count). The zero-order valence-corrected chi connectivity index (χ0v) is 25.9. The molecule has 1 aromatic heterocycles. The Labute approximate surface area is 267 Å². The van der Waals surface area contributed by atoms with Gasteiger partial charge in [0, 0.05) is 37.7 Å². The lowest BCUT2D eigenvalue weighted by atomic mass is 9.57. The zero-order valence-electron chi connectivity index (χ0n) is 25.9. The molecule has 3 heterocycles. The van der Waals surface area contributed by atoms with E-state index in [0.717, 1.165) is 15.4 Å². The maximum Gasteiger partial charge on any atom is 0.325 e. The van der Waals surface area contributed by atoms with E-state index in [1.54, 1.807) is 24.4 Å². The largest absolute Gasteiger partial charge is 0.350 e. The van der Waals surface area contributed by atoms with E-state index in [1.807, 2.05) is 67.6 Å². The quantitative estimate of drug-likeness (QED) is 0.370. The van der Waals surface area contributed by atoms with Crippen molar-refractivity contribution in [2.24, 2.45) is 17.8 Å². The number of aromatic nitrogens is 1. The molecule has 1 aliphatic carbocycles. The van der Waals surface area contributed by atoms with Gasteiger partial charge in [0.1, 0.15) is 5.54 Å². The van der Waals surface area contributed by atoms with Crippen LogP contribution in [0.1, 0.15) is 43.0 Å². The van der Waals surface area contributed by atoms with Gasteiger partial charge in [-0.05, 0) is 42.5 Å². The fourth-order valence-corrected chi connectivity index (χ4v) is 7.53. The Morgan fingerprint density at radius 3 is 2.20 bits per heavy atom. The van der Waals surface area contributed by atoms with E-state index in [2.05, 4.69) is 15.6 Å². The fraction of sp³-hybridized carbons (Fsp3) is 0.333. The Kier molecular flexibility index (Phi) is 8.53. The number of carbonyl (C=O) groups excluding carboxylic acids is 5. The van der Waals surface area contributed by atoms with Crippen molar-refractivity contribution in [1.82, 2.24) is 25.4 Å². The summed E-state index contributed by atoms with van der Waals surface area (Å²) in [5.41, 5.74) is 1.34. The van der Waals surface area contributed by atoms with Crippen LogP contribution in [-0.4, -0.2) is 57.0 Å². The minimum Gasteiger partial charge on any atom is -0.350 e. The molecule has 1 saturated carbocycles. The monoisotopic (exact) mass is 619 g/mol. The predicted molar refractivity (Wildman–Crippen MR) is 169 cm³/mol. The number of hydrogen-bond donors (Lipinski definition) is 2. The third-order valence-electron chi connectivity index (χ3n) is 9.63. The molecule has 4 atom stereocenters. The highest BCUT2D eigenvalue weighted by atomic mass is 16.2. The number of pyridine rings is 1. The number of nitrogens with zero attached hydrogens (tertiary/aromatic N) is 3. The van der Waals surface area contributed by atoms with E-state index in [1.165, 1.54) is 7.05 Å². The van der Waals surface area contributed by atoms with Crippen LogP contribution in [0.15, 0.2) is 96.2 Å². The Morgan fingerprint density at radius 1 is 0.870 bits per heavy atom. The van der Waals surface area contributed by atoms with E-state index < -0.39 is 47.0 Å². The molecule has 236 valence electrons. The van der Waals surface area contributed by atoms with Gasteiger partial charge < -0.3 is 10.6 Å². The molecule has 2 fully saturated rings. The Morgan fingerprint density at radius 2 is 1.54 bits per heavy atom. The van der Waals surface area contributed by atoms with Crippen LogP contribution in [-0.2, 0) is 38.7 Å². The van der Waals surface area contributed by atoms with Gasteiger partial charge in [0.2, 0.25) is 17.7 Å². The van der Waals surface area contributed by atoms with Crippen molar-refractivity contribution < 1.29 is 24.0 Å².